The van der Waals surface area contributed by atoms with Crippen molar-refractivity contribution in [1.29, 1.82) is 0 Å². The third-order valence-corrected chi connectivity index (χ3v) is 6.51. The number of hydrogen-bond acceptors (Lipinski definition) is 6. The molecule has 2 heterocycles. The van der Waals surface area contributed by atoms with Crippen LogP contribution in [-0.2, 0) is 19.1 Å². The van der Waals surface area contributed by atoms with E-state index >= 15 is 0 Å². The Kier molecular flexibility index (Phi) is 6.34. The van der Waals surface area contributed by atoms with Crippen LogP contribution in [0.15, 0.2) is 35.6 Å². The molecule has 0 N–H and O–H groups in total. The van der Waals surface area contributed by atoms with E-state index in [0.717, 1.165) is 24.2 Å². The lowest BCUT2D eigenvalue weighted by molar-refractivity contribution is -0.138. The molecule has 1 aromatic carbocycles. The first-order chi connectivity index (χ1) is 14.9. The summed E-state index contributed by atoms with van der Waals surface area (Å²) < 4.78 is 17.4. The standard InChI is InChI=1S/C24H32N2O5/c1-5-30-17-8-6-7-15(13-17)21-20-22(27)18-10-9-16(29-4)14-19(18)31-23(20)24(28)26(21)12-11-25(2)3/h6-8,13,16,18-19,21H,5,9-12,14H2,1-4H3. The Morgan fingerprint density at radius 2 is 2.03 bits per heavy atom. The molecule has 1 fully saturated rings. The Balaban J connectivity index is 1.72. The van der Waals surface area contributed by atoms with Crippen LogP contribution in [0, 0.1) is 5.92 Å². The van der Waals surface area contributed by atoms with Gasteiger partial charge >= 0.3 is 0 Å². The SMILES string of the molecule is CCOc1cccc(C2C3=C(OC4CC(OC)CCC4C3=O)C(=O)N2CCN(C)C)c1. The maximum absolute atomic E-state index is 13.7. The maximum atomic E-state index is 13.7. The number of methoxy groups -OCH3 is 1. The van der Waals surface area contributed by atoms with Crippen molar-refractivity contribution in [2.24, 2.45) is 5.92 Å². The molecule has 1 aliphatic carbocycles. The van der Waals surface area contributed by atoms with E-state index in [1.807, 2.05) is 50.2 Å². The van der Waals surface area contributed by atoms with Gasteiger partial charge in [0.15, 0.2) is 11.5 Å². The maximum Gasteiger partial charge on any atom is 0.290 e. The van der Waals surface area contributed by atoms with E-state index in [-0.39, 0.29) is 35.6 Å². The summed E-state index contributed by atoms with van der Waals surface area (Å²) >= 11 is 0. The van der Waals surface area contributed by atoms with Gasteiger partial charge in [0.25, 0.3) is 5.91 Å². The number of ketones is 1. The molecule has 4 atom stereocenters. The number of likely N-dealkylation sites (N-methyl/N-ethyl adjacent to an activating group) is 1. The largest absolute Gasteiger partial charge is 0.494 e. The highest BCUT2D eigenvalue weighted by atomic mass is 16.5. The molecule has 0 bridgehead atoms. The molecule has 1 saturated carbocycles. The number of hydrogen-bond donors (Lipinski definition) is 0. The molecule has 3 aliphatic rings. The summed E-state index contributed by atoms with van der Waals surface area (Å²) in [5, 5.41) is 0. The zero-order chi connectivity index (χ0) is 22.1. The number of Topliss-reactive ketones (excluding diaryl/α,β-unsaturated/α-hetero) is 1. The van der Waals surface area contributed by atoms with E-state index in [0.29, 0.717) is 31.7 Å². The molecular weight excluding hydrogens is 396 g/mol. The minimum absolute atomic E-state index is 0.0494. The summed E-state index contributed by atoms with van der Waals surface area (Å²) in [6.45, 7) is 3.69. The predicted molar refractivity (Wildman–Crippen MR) is 116 cm³/mol. The summed E-state index contributed by atoms with van der Waals surface area (Å²) in [6.07, 6.45) is 1.96. The number of benzene rings is 1. The van der Waals surface area contributed by atoms with E-state index < -0.39 is 6.04 Å². The average molecular weight is 429 g/mol. The average Bonchev–Trinajstić information content (AvgIpc) is 3.04. The Morgan fingerprint density at radius 1 is 1.23 bits per heavy atom. The van der Waals surface area contributed by atoms with Crippen LogP contribution in [-0.4, -0.2) is 74.6 Å². The van der Waals surface area contributed by atoms with Gasteiger partial charge in [0, 0.05) is 26.6 Å². The van der Waals surface area contributed by atoms with Gasteiger partial charge in [-0.05, 0) is 51.6 Å². The molecular formula is C24H32N2O5. The fourth-order valence-electron chi connectivity index (χ4n) is 4.92. The molecule has 0 radical (unpaired) electrons. The zero-order valence-electron chi connectivity index (χ0n) is 18.8. The van der Waals surface area contributed by atoms with Crippen molar-refractivity contribution in [2.45, 2.75) is 44.4 Å². The third-order valence-electron chi connectivity index (χ3n) is 6.51. The third kappa shape index (κ3) is 4.08. The van der Waals surface area contributed by atoms with Gasteiger partial charge in [-0.15, -0.1) is 0 Å². The van der Waals surface area contributed by atoms with Crippen LogP contribution >= 0.6 is 0 Å². The Labute approximate surface area is 183 Å². The molecule has 7 nitrogen and oxygen atoms in total. The summed E-state index contributed by atoms with van der Waals surface area (Å²) in [5.74, 6) is 0.595. The zero-order valence-corrected chi connectivity index (χ0v) is 18.8. The molecule has 0 aromatic heterocycles. The van der Waals surface area contributed by atoms with Gasteiger partial charge in [-0.2, -0.15) is 0 Å². The first-order valence-corrected chi connectivity index (χ1v) is 11.1. The van der Waals surface area contributed by atoms with Crippen LogP contribution in [0.4, 0.5) is 0 Å². The quantitative estimate of drug-likeness (QED) is 0.665. The second kappa shape index (κ2) is 9.01. The van der Waals surface area contributed by atoms with Gasteiger partial charge < -0.3 is 24.0 Å². The van der Waals surface area contributed by atoms with Crippen molar-refractivity contribution in [3.63, 3.8) is 0 Å². The minimum Gasteiger partial charge on any atom is -0.494 e. The number of amides is 1. The Bertz CT molecular complexity index is 880. The highest BCUT2D eigenvalue weighted by Crippen LogP contribution is 2.47. The number of fused-ring (bicyclic) bond motifs is 1. The van der Waals surface area contributed by atoms with Crippen LogP contribution in [0.1, 0.15) is 37.8 Å². The van der Waals surface area contributed by atoms with Crippen molar-refractivity contribution >= 4 is 11.7 Å². The number of carbonyl (C=O) groups is 2. The summed E-state index contributed by atoms with van der Waals surface area (Å²) in [7, 11) is 5.63. The highest BCUT2D eigenvalue weighted by Gasteiger charge is 2.52. The number of rotatable bonds is 7. The van der Waals surface area contributed by atoms with Crippen LogP contribution in [0.2, 0.25) is 0 Å². The molecule has 1 amide bonds. The van der Waals surface area contributed by atoms with E-state index in [9.17, 15) is 9.59 Å². The van der Waals surface area contributed by atoms with E-state index in [2.05, 4.69) is 0 Å². The summed E-state index contributed by atoms with van der Waals surface area (Å²) in [5.41, 5.74) is 1.39. The van der Waals surface area contributed by atoms with E-state index in [1.165, 1.54) is 0 Å². The molecule has 4 unspecified atom stereocenters. The van der Waals surface area contributed by atoms with Gasteiger partial charge in [-0.1, -0.05) is 12.1 Å². The normalized spacial score (nSPS) is 28.0. The highest BCUT2D eigenvalue weighted by molar-refractivity contribution is 6.11. The van der Waals surface area contributed by atoms with Crippen LogP contribution in [0.3, 0.4) is 0 Å². The van der Waals surface area contributed by atoms with Crippen LogP contribution in [0.5, 0.6) is 5.75 Å². The lowest BCUT2D eigenvalue weighted by atomic mass is 9.76. The van der Waals surface area contributed by atoms with Gasteiger partial charge in [0.2, 0.25) is 0 Å². The van der Waals surface area contributed by atoms with Gasteiger partial charge in [-0.3, -0.25) is 9.59 Å². The number of nitrogens with zero attached hydrogens (tertiary/aromatic N) is 2. The minimum atomic E-state index is -0.448. The Morgan fingerprint density at radius 3 is 2.74 bits per heavy atom. The Hall–Kier alpha value is -2.38. The lowest BCUT2D eigenvalue weighted by Gasteiger charge is -2.38. The molecule has 4 rings (SSSR count). The van der Waals surface area contributed by atoms with Crippen LogP contribution in [0.25, 0.3) is 0 Å². The monoisotopic (exact) mass is 428 g/mol. The fourth-order valence-corrected chi connectivity index (χ4v) is 4.92. The summed E-state index contributed by atoms with van der Waals surface area (Å²) in [4.78, 5) is 30.9. The van der Waals surface area contributed by atoms with Crippen molar-refractivity contribution in [2.75, 3.05) is 40.9 Å². The predicted octanol–water partition coefficient (Wildman–Crippen LogP) is 2.57. The molecule has 168 valence electrons. The van der Waals surface area contributed by atoms with Gasteiger partial charge in [0.05, 0.1) is 30.2 Å². The molecule has 0 spiro atoms. The van der Waals surface area contributed by atoms with Crippen LogP contribution < -0.4 is 4.74 Å². The first-order valence-electron chi connectivity index (χ1n) is 11.1. The van der Waals surface area contributed by atoms with Gasteiger partial charge in [0.1, 0.15) is 11.9 Å². The lowest BCUT2D eigenvalue weighted by Crippen LogP contribution is -2.43. The molecule has 1 aromatic rings. The second-order valence-electron chi connectivity index (χ2n) is 8.75. The smallest absolute Gasteiger partial charge is 0.290 e. The second-order valence-corrected chi connectivity index (χ2v) is 8.75. The van der Waals surface area contributed by atoms with Gasteiger partial charge in [-0.25, -0.2) is 0 Å². The molecule has 7 heteroatoms. The molecule has 31 heavy (non-hydrogen) atoms. The number of carbonyl (C=O) groups excluding carboxylic acids is 2. The number of ether oxygens (including phenoxy) is 3. The summed E-state index contributed by atoms with van der Waals surface area (Å²) in [6, 6.07) is 7.25. The first kappa shape index (κ1) is 21.8. The van der Waals surface area contributed by atoms with Crippen molar-refractivity contribution in [3.05, 3.63) is 41.2 Å². The topological polar surface area (TPSA) is 68.3 Å². The van der Waals surface area contributed by atoms with Crippen molar-refractivity contribution in [1.82, 2.24) is 9.80 Å². The fraction of sp³-hybridized carbons (Fsp3) is 0.583. The molecule has 2 aliphatic heterocycles. The van der Waals surface area contributed by atoms with Crippen molar-refractivity contribution < 1.29 is 23.8 Å². The van der Waals surface area contributed by atoms with E-state index in [1.54, 1.807) is 12.0 Å². The molecule has 0 saturated heterocycles. The van der Waals surface area contributed by atoms with Crippen molar-refractivity contribution in [3.8, 4) is 5.75 Å². The van der Waals surface area contributed by atoms with E-state index in [4.69, 9.17) is 14.2 Å².